The van der Waals surface area contributed by atoms with E-state index in [1.807, 2.05) is 24.3 Å². The molecular formula is C71H91F2N13O12S2. The van der Waals surface area contributed by atoms with Gasteiger partial charge in [-0.2, -0.15) is 23.5 Å². The summed E-state index contributed by atoms with van der Waals surface area (Å²) in [6.07, 6.45) is 6.43. The number of unbranched alkanes of at least 4 members (excludes halogenated alkanes) is 2. The number of amides is 9. The number of aromatic nitrogens is 2. The average Bonchev–Trinajstić information content (AvgIpc) is 1.58. The first-order valence-corrected chi connectivity index (χ1v) is 36.0. The van der Waals surface area contributed by atoms with Crippen LogP contribution in [-0.4, -0.2) is 188 Å². The zero-order valence-corrected chi connectivity index (χ0v) is 58.0. The summed E-state index contributed by atoms with van der Waals surface area (Å²) < 4.78 is 29.2. The van der Waals surface area contributed by atoms with Crippen LogP contribution in [0.4, 0.5) is 8.78 Å². The van der Waals surface area contributed by atoms with Crippen molar-refractivity contribution in [2.24, 2.45) is 11.5 Å². The molecule has 25 nitrogen and oxygen atoms in total. The standard InChI is InChI=1S/C71H91F2N13O12S2/c1-42(88)57(76-3)34-63(91)82-59(29-43-14-18-51(89)19-15-43)69(97)86-26-9-23-71(86,2)70(98)84-61(65(75)93)41-100-40-45-11-7-10-44(28-45)39-99-27-22-62(90)80-56(13-5-4-6-24-74)66(94)79-37-64(92)81-58(30-46-35-77-54-20-16-48(72)32-52(46)54)67(95)83-60(68(96)85-25-8-12-50(85)38-87)31-47-36-78-55-21-17-49(73)33-53(47)55/h7,10-11,14-21,28,32-33,35-36,38,42,50,56-61,76-78,88-89H,4-6,8-9,12-13,22-27,29-31,34,37,39-41,74H2,1-3H3,(H2,75,93)(H,79,94)(H,80,90)(H,81,92)(H,82,91)(H,83,95)(H,84,98)/t42-,50+,56+,57-,58+,59+,60+,61+,71+/m1/s1. The van der Waals surface area contributed by atoms with Crippen molar-refractivity contribution in [3.63, 3.8) is 0 Å². The Hall–Kier alpha value is -8.90. The number of likely N-dealkylation sites (tertiary alicyclic amines) is 2. The van der Waals surface area contributed by atoms with Crippen LogP contribution in [0.2, 0.25) is 0 Å². The number of rotatable bonds is 38. The summed E-state index contributed by atoms with van der Waals surface area (Å²) in [6, 6.07) is 14.8. The van der Waals surface area contributed by atoms with E-state index in [1.165, 1.54) is 75.8 Å². The molecule has 8 rings (SSSR count). The van der Waals surface area contributed by atoms with Gasteiger partial charge in [-0.1, -0.05) is 49.2 Å². The van der Waals surface area contributed by atoms with Crippen LogP contribution in [0.15, 0.2) is 97.3 Å². The fourth-order valence-electron chi connectivity index (χ4n) is 12.7. The Balaban J connectivity index is 0.837. The number of hydrogen-bond donors (Lipinski definition) is 13. The Kier molecular flexibility index (Phi) is 28.4. The van der Waals surface area contributed by atoms with E-state index in [2.05, 4.69) is 47.2 Å². The molecule has 29 heteroatoms. The number of hydrogen-bond acceptors (Lipinski definition) is 16. The molecule has 0 bridgehead atoms. The summed E-state index contributed by atoms with van der Waals surface area (Å²) in [5.41, 5.74) is 14.8. The highest BCUT2D eigenvalue weighted by Gasteiger charge is 2.48. The van der Waals surface area contributed by atoms with Gasteiger partial charge in [-0.05, 0) is 142 Å². The molecule has 2 saturated heterocycles. The van der Waals surface area contributed by atoms with Crippen molar-refractivity contribution >= 4 is 105 Å². The lowest BCUT2D eigenvalue weighted by atomic mass is 9.95. The lowest BCUT2D eigenvalue weighted by Crippen LogP contribution is -2.62. The quantitative estimate of drug-likeness (QED) is 0.0194. The highest BCUT2D eigenvalue weighted by Crippen LogP contribution is 2.32. The zero-order valence-electron chi connectivity index (χ0n) is 56.4. The molecule has 100 heavy (non-hydrogen) atoms. The summed E-state index contributed by atoms with van der Waals surface area (Å²) >= 11 is 2.86. The maximum atomic E-state index is 14.6. The van der Waals surface area contributed by atoms with E-state index in [1.54, 1.807) is 51.5 Å². The van der Waals surface area contributed by atoms with Crippen molar-refractivity contribution in [2.45, 2.75) is 163 Å². The Bertz CT molecular complexity index is 3860. The fraction of sp³-hybridized carbons (Fsp3) is 0.465. The predicted molar refractivity (Wildman–Crippen MR) is 378 cm³/mol. The molecule has 2 fully saturated rings. The summed E-state index contributed by atoms with van der Waals surface area (Å²) in [6.45, 7) is 3.40. The third-order valence-electron chi connectivity index (χ3n) is 18.3. The third-order valence-corrected chi connectivity index (χ3v) is 20.4. The fourth-order valence-corrected chi connectivity index (χ4v) is 14.6. The highest BCUT2D eigenvalue weighted by molar-refractivity contribution is 7.98. The van der Waals surface area contributed by atoms with Crippen molar-refractivity contribution < 1.29 is 66.9 Å². The molecule has 538 valence electrons. The molecule has 0 saturated carbocycles. The van der Waals surface area contributed by atoms with Crippen molar-refractivity contribution in [3.05, 3.63) is 137 Å². The first-order chi connectivity index (χ1) is 48.0. The number of H-pyrrole nitrogens is 2. The van der Waals surface area contributed by atoms with Crippen molar-refractivity contribution in [3.8, 4) is 5.75 Å². The third kappa shape index (κ3) is 21.3. The number of aliphatic hydroxyl groups excluding tert-OH is 1. The number of phenols is 1. The van der Waals surface area contributed by atoms with Gasteiger partial charge in [0.25, 0.3) is 0 Å². The van der Waals surface area contributed by atoms with E-state index in [0.29, 0.717) is 107 Å². The monoisotopic (exact) mass is 1420 g/mol. The van der Waals surface area contributed by atoms with E-state index in [9.17, 15) is 66.9 Å². The Labute approximate surface area is 587 Å². The van der Waals surface area contributed by atoms with Crippen LogP contribution in [0.5, 0.6) is 5.75 Å². The van der Waals surface area contributed by atoms with Gasteiger partial charge in [0.1, 0.15) is 59.4 Å². The number of primary amides is 1. The molecule has 6 aromatic rings. The first kappa shape index (κ1) is 76.8. The number of aliphatic hydroxyl groups is 1. The first-order valence-electron chi connectivity index (χ1n) is 33.7. The normalized spacial score (nSPS) is 17.3. The van der Waals surface area contributed by atoms with Crippen LogP contribution in [0.25, 0.3) is 21.8 Å². The number of aromatic amines is 2. The molecule has 9 atom stereocenters. The second-order valence-corrected chi connectivity index (χ2v) is 27.8. The molecule has 9 amide bonds. The SMILES string of the molecule is CN[C@H](CC(=O)N[C@@H](Cc1ccc(O)cc1)C(=O)N1CCC[C@@]1(C)C(=O)N[C@@H](CSCc1cccc(CSCCC(=O)N[C@@H](CCCCCN)C(=O)NCC(=O)N[C@@H](Cc2c[nH]c3ccc(F)cc23)C(=O)N[C@@H](Cc2c[nH]c3ccc(F)cc23)C(=O)N2CCC[C@H]2C=O)c1)C(N)=O)[C@@H](C)O. The molecule has 2 aliphatic heterocycles. The van der Waals surface area contributed by atoms with E-state index in [-0.39, 0.29) is 69.5 Å². The molecule has 0 radical (unpaired) electrons. The minimum atomic E-state index is -1.41. The number of nitrogens with zero attached hydrogens (tertiary/aromatic N) is 2. The smallest absolute Gasteiger partial charge is 0.246 e. The van der Waals surface area contributed by atoms with Crippen molar-refractivity contribution in [2.75, 3.05) is 44.7 Å². The van der Waals surface area contributed by atoms with E-state index in [4.69, 9.17) is 11.5 Å². The molecule has 4 heterocycles. The lowest BCUT2D eigenvalue weighted by Gasteiger charge is -2.37. The zero-order chi connectivity index (χ0) is 72.0. The lowest BCUT2D eigenvalue weighted by molar-refractivity contribution is -0.147. The Morgan fingerprint density at radius 3 is 1.96 bits per heavy atom. The van der Waals surface area contributed by atoms with E-state index in [0.717, 1.165) is 11.1 Å². The van der Waals surface area contributed by atoms with E-state index >= 15 is 0 Å². The summed E-state index contributed by atoms with van der Waals surface area (Å²) in [4.78, 5) is 146. The minimum Gasteiger partial charge on any atom is -0.508 e. The van der Waals surface area contributed by atoms with E-state index < -0.39 is 125 Å². The van der Waals surface area contributed by atoms with Crippen LogP contribution < -0.4 is 48.7 Å². The largest absolute Gasteiger partial charge is 0.508 e. The number of nitrogens with two attached hydrogens (primary N) is 2. The predicted octanol–water partition coefficient (Wildman–Crippen LogP) is 3.69. The van der Waals surface area contributed by atoms with Gasteiger partial charge in [0.2, 0.25) is 53.2 Å². The van der Waals surface area contributed by atoms with Gasteiger partial charge >= 0.3 is 0 Å². The maximum Gasteiger partial charge on any atom is 0.246 e. The van der Waals surface area contributed by atoms with Gasteiger partial charge in [-0.25, -0.2) is 8.78 Å². The van der Waals surface area contributed by atoms with Crippen LogP contribution in [0, 0.1) is 11.6 Å². The molecule has 2 aromatic heterocycles. The van der Waals surface area contributed by atoms with Crippen LogP contribution in [0.1, 0.15) is 106 Å². The summed E-state index contributed by atoms with van der Waals surface area (Å²) in [5.74, 6) is -5.20. The number of nitrogens with one attached hydrogen (secondary N) is 9. The molecule has 0 aliphatic carbocycles. The number of fused-ring (bicyclic) bond motifs is 2. The molecule has 0 unspecified atom stereocenters. The van der Waals surface area contributed by atoms with Gasteiger partial charge < -0.3 is 83.5 Å². The average molecular weight is 1420 g/mol. The van der Waals surface area contributed by atoms with Gasteiger partial charge in [-0.15, -0.1) is 0 Å². The van der Waals surface area contributed by atoms with Crippen LogP contribution in [-0.2, 0) is 78.7 Å². The van der Waals surface area contributed by atoms with Crippen molar-refractivity contribution in [1.82, 2.24) is 57.0 Å². The second-order valence-electron chi connectivity index (χ2n) is 25.7. The summed E-state index contributed by atoms with van der Waals surface area (Å²) in [7, 11) is 1.61. The van der Waals surface area contributed by atoms with Gasteiger partial charge in [0.05, 0.1) is 18.7 Å². The minimum absolute atomic E-state index is 0.0198. The Morgan fingerprint density at radius 2 is 1.33 bits per heavy atom. The van der Waals surface area contributed by atoms with Crippen molar-refractivity contribution in [1.29, 1.82) is 0 Å². The number of halogens is 2. The van der Waals surface area contributed by atoms with Gasteiger partial charge in [0.15, 0.2) is 0 Å². The number of benzene rings is 4. The number of carbonyl (C=O) groups excluding carboxylic acids is 10. The number of thioether (sulfide) groups is 2. The molecule has 4 aromatic carbocycles. The van der Waals surface area contributed by atoms with Gasteiger partial charge in [-0.3, -0.25) is 43.2 Å². The number of phenolic OH excluding ortho intramolecular Hbond substituents is 1. The molecule has 15 N–H and O–H groups in total. The molecular weight excluding hydrogens is 1330 g/mol. The number of aldehydes is 1. The highest BCUT2D eigenvalue weighted by atomic mass is 32.2. The molecule has 0 spiro atoms. The number of aromatic hydroxyl groups is 1. The summed E-state index contributed by atoms with van der Waals surface area (Å²) in [5, 5.41) is 40.4. The Morgan fingerprint density at radius 1 is 0.700 bits per heavy atom. The topological polar surface area (TPSA) is 385 Å². The maximum absolute atomic E-state index is 14.6. The molecule has 2 aliphatic rings. The second kappa shape index (κ2) is 37.0. The number of carbonyl (C=O) groups is 10. The van der Waals surface area contributed by atoms with Crippen LogP contribution in [0.3, 0.4) is 0 Å². The van der Waals surface area contributed by atoms with Crippen LogP contribution >= 0.6 is 23.5 Å². The van der Waals surface area contributed by atoms with Gasteiger partial charge in [0, 0.05) is 108 Å². The number of likely N-dealkylation sites (N-methyl/N-ethyl adjacent to an activating group) is 1.